The Hall–Kier alpha value is -2.37. The number of fused-ring (bicyclic) bond motifs is 1. The number of alkyl halides is 1. The molecule has 1 aromatic heterocycles. The van der Waals surface area contributed by atoms with Crippen molar-refractivity contribution in [2.45, 2.75) is 25.1 Å². The van der Waals surface area contributed by atoms with Crippen molar-refractivity contribution in [1.29, 1.82) is 0 Å². The van der Waals surface area contributed by atoms with Gasteiger partial charge in [0.25, 0.3) is 0 Å². The van der Waals surface area contributed by atoms with Crippen molar-refractivity contribution < 1.29 is 19.1 Å². The van der Waals surface area contributed by atoms with Gasteiger partial charge in [0.15, 0.2) is 0 Å². The standard InChI is InChI=1S/C15H15FN2O3/c16-11-6-10(11)14(19)18-13(15(20)21)5-8-7-17-12-4-2-1-3-9(8)12/h1-4,7,10-11,13,17H,5-6H2,(H,18,19)(H,20,21)/t10-,11+,13-/m0/s1. The highest BCUT2D eigenvalue weighted by Gasteiger charge is 2.44. The number of carbonyl (C=O) groups is 2. The Morgan fingerprint density at radius 2 is 2.14 bits per heavy atom. The predicted molar refractivity (Wildman–Crippen MR) is 74.6 cm³/mol. The molecule has 0 radical (unpaired) electrons. The zero-order valence-electron chi connectivity index (χ0n) is 11.2. The summed E-state index contributed by atoms with van der Waals surface area (Å²) < 4.78 is 12.8. The summed E-state index contributed by atoms with van der Waals surface area (Å²) >= 11 is 0. The second kappa shape index (κ2) is 5.20. The first-order valence-electron chi connectivity index (χ1n) is 6.78. The molecule has 1 aliphatic carbocycles. The van der Waals surface area contributed by atoms with Gasteiger partial charge >= 0.3 is 5.97 Å². The monoisotopic (exact) mass is 290 g/mol. The van der Waals surface area contributed by atoms with Gasteiger partial charge in [-0.2, -0.15) is 0 Å². The van der Waals surface area contributed by atoms with E-state index in [0.717, 1.165) is 16.5 Å². The maximum Gasteiger partial charge on any atom is 0.326 e. The van der Waals surface area contributed by atoms with E-state index < -0.39 is 30.0 Å². The summed E-state index contributed by atoms with van der Waals surface area (Å²) in [5, 5.41) is 12.6. The molecule has 5 nitrogen and oxygen atoms in total. The Morgan fingerprint density at radius 1 is 1.43 bits per heavy atom. The number of aromatic amines is 1. The molecule has 1 heterocycles. The van der Waals surface area contributed by atoms with Gasteiger partial charge in [0.2, 0.25) is 5.91 Å². The summed E-state index contributed by atoms with van der Waals surface area (Å²) in [6, 6.07) is 6.48. The summed E-state index contributed by atoms with van der Waals surface area (Å²) in [5.74, 6) is -2.32. The molecule has 1 aliphatic rings. The molecule has 1 fully saturated rings. The van der Waals surface area contributed by atoms with Crippen LogP contribution in [0.5, 0.6) is 0 Å². The molecule has 0 saturated heterocycles. The molecule has 1 saturated carbocycles. The predicted octanol–water partition coefficient (Wildman–Crippen LogP) is 1.64. The normalized spacial score (nSPS) is 22.0. The van der Waals surface area contributed by atoms with Crippen molar-refractivity contribution in [2.24, 2.45) is 5.92 Å². The van der Waals surface area contributed by atoms with Crippen LogP contribution in [0.15, 0.2) is 30.5 Å². The third-order valence-electron chi connectivity index (χ3n) is 3.76. The molecule has 2 aromatic rings. The molecule has 3 N–H and O–H groups in total. The van der Waals surface area contributed by atoms with E-state index in [9.17, 15) is 19.1 Å². The summed E-state index contributed by atoms with van der Waals surface area (Å²) in [7, 11) is 0. The number of amides is 1. The highest BCUT2D eigenvalue weighted by Crippen LogP contribution is 2.33. The third kappa shape index (κ3) is 2.74. The second-order valence-corrected chi connectivity index (χ2v) is 5.32. The number of carboxylic acids is 1. The van der Waals surface area contributed by atoms with E-state index >= 15 is 0 Å². The van der Waals surface area contributed by atoms with Gasteiger partial charge in [-0.05, 0) is 18.1 Å². The van der Waals surface area contributed by atoms with Crippen molar-refractivity contribution in [3.8, 4) is 0 Å². The van der Waals surface area contributed by atoms with Crippen LogP contribution >= 0.6 is 0 Å². The Labute approximate surface area is 120 Å². The first-order valence-corrected chi connectivity index (χ1v) is 6.78. The van der Waals surface area contributed by atoms with E-state index in [1.54, 1.807) is 6.20 Å². The quantitative estimate of drug-likeness (QED) is 0.783. The van der Waals surface area contributed by atoms with E-state index in [1.807, 2.05) is 24.3 Å². The first kappa shape index (κ1) is 13.6. The lowest BCUT2D eigenvalue weighted by molar-refractivity contribution is -0.142. The van der Waals surface area contributed by atoms with Crippen molar-refractivity contribution in [3.63, 3.8) is 0 Å². The average molecular weight is 290 g/mol. The van der Waals surface area contributed by atoms with Gasteiger partial charge in [0, 0.05) is 23.5 Å². The van der Waals surface area contributed by atoms with Crippen LogP contribution in [0.25, 0.3) is 10.9 Å². The van der Waals surface area contributed by atoms with E-state index in [4.69, 9.17) is 0 Å². The molecule has 0 unspecified atom stereocenters. The largest absolute Gasteiger partial charge is 0.480 e. The lowest BCUT2D eigenvalue weighted by atomic mass is 10.0. The van der Waals surface area contributed by atoms with Crippen molar-refractivity contribution in [1.82, 2.24) is 10.3 Å². The number of hydrogen-bond acceptors (Lipinski definition) is 2. The topological polar surface area (TPSA) is 82.2 Å². The van der Waals surface area contributed by atoms with E-state index in [1.165, 1.54) is 0 Å². The highest BCUT2D eigenvalue weighted by atomic mass is 19.1. The molecule has 21 heavy (non-hydrogen) atoms. The number of para-hydroxylation sites is 1. The number of nitrogens with one attached hydrogen (secondary N) is 2. The molecule has 3 rings (SSSR count). The van der Waals surface area contributed by atoms with E-state index in [-0.39, 0.29) is 12.8 Å². The van der Waals surface area contributed by atoms with Crippen molar-refractivity contribution in [3.05, 3.63) is 36.0 Å². The van der Waals surface area contributed by atoms with Crippen LogP contribution in [-0.2, 0) is 16.0 Å². The van der Waals surface area contributed by atoms with Gasteiger partial charge in [-0.3, -0.25) is 4.79 Å². The smallest absolute Gasteiger partial charge is 0.326 e. The van der Waals surface area contributed by atoms with Crippen molar-refractivity contribution in [2.75, 3.05) is 0 Å². The molecular formula is C15H15FN2O3. The van der Waals surface area contributed by atoms with Crippen molar-refractivity contribution >= 4 is 22.8 Å². The Morgan fingerprint density at radius 3 is 2.81 bits per heavy atom. The lowest BCUT2D eigenvalue weighted by Gasteiger charge is -2.14. The number of benzene rings is 1. The fourth-order valence-corrected chi connectivity index (χ4v) is 2.43. The minimum atomic E-state index is -1.13. The fraction of sp³-hybridized carbons (Fsp3) is 0.333. The number of H-pyrrole nitrogens is 1. The van der Waals surface area contributed by atoms with Gasteiger partial charge in [-0.1, -0.05) is 18.2 Å². The number of aromatic nitrogens is 1. The molecule has 3 atom stereocenters. The van der Waals surface area contributed by atoms with Crippen LogP contribution in [-0.4, -0.2) is 34.2 Å². The Kier molecular flexibility index (Phi) is 3.37. The molecule has 0 spiro atoms. The van der Waals surface area contributed by atoms with Crippen LogP contribution in [0, 0.1) is 5.92 Å². The van der Waals surface area contributed by atoms with Gasteiger partial charge < -0.3 is 15.4 Å². The second-order valence-electron chi connectivity index (χ2n) is 5.32. The third-order valence-corrected chi connectivity index (χ3v) is 3.76. The molecule has 110 valence electrons. The van der Waals surface area contributed by atoms with Crippen LogP contribution < -0.4 is 5.32 Å². The Bertz CT molecular complexity index is 697. The van der Waals surface area contributed by atoms with Crippen LogP contribution in [0.1, 0.15) is 12.0 Å². The fourth-order valence-electron chi connectivity index (χ4n) is 2.43. The molecular weight excluding hydrogens is 275 g/mol. The molecule has 1 amide bonds. The molecule has 6 heteroatoms. The summed E-state index contributed by atoms with van der Waals surface area (Å²) in [6.07, 6.45) is 0.953. The Balaban J connectivity index is 1.76. The lowest BCUT2D eigenvalue weighted by Crippen LogP contribution is -2.43. The van der Waals surface area contributed by atoms with Gasteiger partial charge in [0.05, 0.1) is 5.92 Å². The summed E-state index contributed by atoms with van der Waals surface area (Å²) in [6.45, 7) is 0. The SMILES string of the molecule is O=C(O)[C@H](Cc1c[nH]c2ccccc12)NC(=O)[C@H]1C[C@H]1F. The minimum absolute atomic E-state index is 0.161. The van der Waals surface area contributed by atoms with Gasteiger partial charge in [0.1, 0.15) is 12.2 Å². The van der Waals surface area contributed by atoms with Gasteiger partial charge in [-0.25, -0.2) is 9.18 Å². The summed E-state index contributed by atoms with van der Waals surface area (Å²) in [5.41, 5.74) is 1.72. The zero-order chi connectivity index (χ0) is 15.0. The molecule has 1 aromatic carbocycles. The number of rotatable bonds is 5. The average Bonchev–Trinajstić information content (AvgIpc) is 3.06. The maximum atomic E-state index is 12.8. The van der Waals surface area contributed by atoms with E-state index in [2.05, 4.69) is 10.3 Å². The maximum absolute atomic E-state index is 12.8. The number of carboxylic acid groups (broad SMARTS) is 1. The number of aliphatic carboxylic acids is 1. The van der Waals surface area contributed by atoms with Crippen LogP contribution in [0.4, 0.5) is 4.39 Å². The van der Waals surface area contributed by atoms with Gasteiger partial charge in [-0.15, -0.1) is 0 Å². The molecule has 0 bridgehead atoms. The number of hydrogen-bond donors (Lipinski definition) is 3. The zero-order valence-corrected chi connectivity index (χ0v) is 11.2. The number of carbonyl (C=O) groups excluding carboxylic acids is 1. The highest BCUT2D eigenvalue weighted by molar-refractivity contribution is 5.88. The summed E-state index contributed by atoms with van der Waals surface area (Å²) in [4.78, 5) is 26.1. The molecule has 0 aliphatic heterocycles. The minimum Gasteiger partial charge on any atom is -0.480 e. The van der Waals surface area contributed by atoms with Crippen LogP contribution in [0.2, 0.25) is 0 Å². The van der Waals surface area contributed by atoms with Crippen LogP contribution in [0.3, 0.4) is 0 Å². The number of halogens is 1. The first-order chi connectivity index (χ1) is 10.1. The van der Waals surface area contributed by atoms with E-state index in [0.29, 0.717) is 0 Å².